The second kappa shape index (κ2) is 5.92. The molecule has 2 aromatic carbocycles. The molecule has 0 aliphatic rings. The normalized spacial score (nSPS) is 11.5. The summed E-state index contributed by atoms with van der Waals surface area (Å²) in [5, 5.41) is 0.630. The molecule has 0 atom stereocenters. The van der Waals surface area contributed by atoms with Gasteiger partial charge in [0, 0.05) is 5.39 Å². The van der Waals surface area contributed by atoms with Crippen molar-refractivity contribution in [1.82, 2.24) is 0 Å². The van der Waals surface area contributed by atoms with Crippen molar-refractivity contribution >= 4 is 22.8 Å². The van der Waals surface area contributed by atoms with E-state index in [9.17, 15) is 26.7 Å². The number of benzene rings is 2. The van der Waals surface area contributed by atoms with Crippen molar-refractivity contribution < 1.29 is 31.2 Å². The Hall–Kier alpha value is -2.96. The fraction of sp³-hybridized carbons (Fsp3) is 0. The third-order valence-electron chi connectivity index (χ3n) is 3.31. The summed E-state index contributed by atoms with van der Waals surface area (Å²) in [6.45, 7) is 0. The average Bonchev–Trinajstić information content (AvgIpc) is 3.02. The number of allylic oxidation sites excluding steroid dienone is 1. The van der Waals surface area contributed by atoms with E-state index in [1.807, 2.05) is 0 Å². The minimum atomic E-state index is -2.26. The van der Waals surface area contributed by atoms with Crippen LogP contribution in [0.5, 0.6) is 0 Å². The summed E-state index contributed by atoms with van der Waals surface area (Å²) < 4.78 is 71.4. The molecule has 7 heteroatoms. The molecule has 3 rings (SSSR count). The molecule has 0 N–H and O–H groups in total. The second-order valence-corrected chi connectivity index (χ2v) is 4.83. The summed E-state index contributed by atoms with van der Waals surface area (Å²) in [4.78, 5) is 12.0. The summed E-state index contributed by atoms with van der Waals surface area (Å²) >= 11 is 0. The number of rotatable bonds is 3. The molecule has 2 nitrogen and oxygen atoms in total. The van der Waals surface area contributed by atoms with Crippen LogP contribution in [0, 0.1) is 29.1 Å². The summed E-state index contributed by atoms with van der Waals surface area (Å²) in [6.07, 6.45) is 1.20. The van der Waals surface area contributed by atoms with Gasteiger partial charge < -0.3 is 4.42 Å². The fourth-order valence-corrected chi connectivity index (χ4v) is 2.11. The first-order chi connectivity index (χ1) is 11.4. The first-order valence-corrected chi connectivity index (χ1v) is 6.62. The number of carbonyl (C=O) groups excluding carboxylic acids is 1. The first-order valence-electron chi connectivity index (χ1n) is 6.62. The largest absolute Gasteiger partial charge is 0.453 e. The van der Waals surface area contributed by atoms with Crippen LogP contribution >= 0.6 is 0 Å². The molecule has 0 amide bonds. The van der Waals surface area contributed by atoms with Crippen molar-refractivity contribution in [3.05, 3.63) is 76.8 Å². The SMILES string of the molecule is O=C(C=Cc1c(F)c(F)c(F)c(F)c1F)c1cc2ccccc2o1. The van der Waals surface area contributed by atoms with Gasteiger partial charge in [-0.05, 0) is 24.3 Å². The van der Waals surface area contributed by atoms with Crippen LogP contribution in [0.4, 0.5) is 22.0 Å². The van der Waals surface area contributed by atoms with E-state index in [1.165, 1.54) is 6.07 Å². The number of ketones is 1. The number of hydrogen-bond acceptors (Lipinski definition) is 2. The topological polar surface area (TPSA) is 30.2 Å². The Kier molecular flexibility index (Phi) is 3.92. The Morgan fingerprint density at radius 3 is 2.08 bits per heavy atom. The summed E-state index contributed by atoms with van der Waals surface area (Å²) in [5.41, 5.74) is -0.777. The van der Waals surface area contributed by atoms with E-state index < -0.39 is 40.4 Å². The molecule has 0 radical (unpaired) electrons. The number of hydrogen-bond donors (Lipinski definition) is 0. The minimum absolute atomic E-state index is 0.128. The zero-order valence-corrected chi connectivity index (χ0v) is 11.7. The van der Waals surface area contributed by atoms with Crippen LogP contribution in [0.25, 0.3) is 17.0 Å². The minimum Gasteiger partial charge on any atom is -0.453 e. The third kappa shape index (κ3) is 2.58. The van der Waals surface area contributed by atoms with Gasteiger partial charge in [0.05, 0.1) is 5.56 Å². The molecule has 24 heavy (non-hydrogen) atoms. The Balaban J connectivity index is 1.97. The first kappa shape index (κ1) is 15.9. The number of halogens is 5. The van der Waals surface area contributed by atoms with Crippen molar-refractivity contribution in [1.29, 1.82) is 0 Å². The highest BCUT2D eigenvalue weighted by molar-refractivity contribution is 6.06. The highest BCUT2D eigenvalue weighted by Crippen LogP contribution is 2.25. The van der Waals surface area contributed by atoms with Gasteiger partial charge in [-0.15, -0.1) is 0 Å². The maximum absolute atomic E-state index is 13.5. The maximum Gasteiger partial charge on any atom is 0.221 e. The lowest BCUT2D eigenvalue weighted by Crippen LogP contribution is -2.04. The predicted octanol–water partition coefficient (Wildman–Crippen LogP) is 5.02. The lowest BCUT2D eigenvalue weighted by molar-refractivity contribution is 0.102. The zero-order chi connectivity index (χ0) is 17.4. The Labute approximate surface area is 131 Å². The Morgan fingerprint density at radius 1 is 0.875 bits per heavy atom. The lowest BCUT2D eigenvalue weighted by Gasteiger charge is -2.03. The van der Waals surface area contributed by atoms with Gasteiger partial charge in [0.2, 0.25) is 11.6 Å². The predicted molar refractivity (Wildman–Crippen MR) is 75.8 cm³/mol. The van der Waals surface area contributed by atoms with Crippen LogP contribution in [0.3, 0.4) is 0 Å². The molecule has 0 saturated carbocycles. The maximum atomic E-state index is 13.5. The molecular formula is C17H7F5O2. The number of para-hydroxylation sites is 1. The molecule has 0 aliphatic heterocycles. The summed E-state index contributed by atoms with van der Waals surface area (Å²) in [7, 11) is 0. The smallest absolute Gasteiger partial charge is 0.221 e. The molecule has 0 spiro atoms. The zero-order valence-electron chi connectivity index (χ0n) is 11.7. The van der Waals surface area contributed by atoms with Crippen LogP contribution in [-0.4, -0.2) is 5.78 Å². The number of fused-ring (bicyclic) bond motifs is 1. The molecule has 0 fully saturated rings. The van der Waals surface area contributed by atoms with E-state index >= 15 is 0 Å². The van der Waals surface area contributed by atoms with E-state index in [-0.39, 0.29) is 5.76 Å². The van der Waals surface area contributed by atoms with Crippen LogP contribution in [0.1, 0.15) is 16.1 Å². The van der Waals surface area contributed by atoms with E-state index in [4.69, 9.17) is 4.42 Å². The molecule has 3 aromatic rings. The van der Waals surface area contributed by atoms with Crippen LogP contribution in [0.2, 0.25) is 0 Å². The molecular weight excluding hydrogens is 331 g/mol. The third-order valence-corrected chi connectivity index (χ3v) is 3.31. The van der Waals surface area contributed by atoms with Gasteiger partial charge in [-0.1, -0.05) is 18.2 Å². The fourth-order valence-electron chi connectivity index (χ4n) is 2.11. The average molecular weight is 338 g/mol. The molecule has 0 saturated heterocycles. The number of carbonyl (C=O) groups is 1. The molecule has 0 bridgehead atoms. The molecule has 1 heterocycles. The molecule has 0 aliphatic carbocycles. The highest BCUT2D eigenvalue weighted by atomic mass is 19.2. The van der Waals surface area contributed by atoms with Gasteiger partial charge in [-0.25, -0.2) is 22.0 Å². The lowest BCUT2D eigenvalue weighted by atomic mass is 10.1. The van der Waals surface area contributed by atoms with E-state index in [1.54, 1.807) is 24.3 Å². The van der Waals surface area contributed by atoms with Crippen LogP contribution in [0.15, 0.2) is 40.8 Å². The van der Waals surface area contributed by atoms with Crippen LogP contribution in [-0.2, 0) is 0 Å². The summed E-state index contributed by atoms with van der Waals surface area (Å²) in [6, 6.07) is 8.10. The molecule has 0 unspecified atom stereocenters. The van der Waals surface area contributed by atoms with Crippen molar-refractivity contribution in [3.8, 4) is 0 Å². The van der Waals surface area contributed by atoms with Gasteiger partial charge in [0.1, 0.15) is 5.58 Å². The van der Waals surface area contributed by atoms with Gasteiger partial charge >= 0.3 is 0 Å². The van der Waals surface area contributed by atoms with E-state index in [0.29, 0.717) is 23.1 Å². The van der Waals surface area contributed by atoms with Gasteiger partial charge in [-0.3, -0.25) is 4.79 Å². The van der Waals surface area contributed by atoms with Gasteiger partial charge in [0.15, 0.2) is 29.0 Å². The molecule has 1 aromatic heterocycles. The van der Waals surface area contributed by atoms with Crippen molar-refractivity contribution in [2.24, 2.45) is 0 Å². The Morgan fingerprint density at radius 2 is 1.46 bits per heavy atom. The van der Waals surface area contributed by atoms with Crippen molar-refractivity contribution in [2.75, 3.05) is 0 Å². The molecule has 122 valence electrons. The van der Waals surface area contributed by atoms with Crippen LogP contribution < -0.4 is 0 Å². The second-order valence-electron chi connectivity index (χ2n) is 4.83. The monoisotopic (exact) mass is 338 g/mol. The van der Waals surface area contributed by atoms with Gasteiger partial charge in [0.25, 0.3) is 0 Å². The summed E-state index contributed by atoms with van der Waals surface area (Å²) in [5.74, 6) is -11.4. The van der Waals surface area contributed by atoms with E-state index in [0.717, 1.165) is 0 Å². The van der Waals surface area contributed by atoms with Crippen molar-refractivity contribution in [3.63, 3.8) is 0 Å². The van der Waals surface area contributed by atoms with E-state index in [2.05, 4.69) is 0 Å². The van der Waals surface area contributed by atoms with Crippen molar-refractivity contribution in [2.45, 2.75) is 0 Å². The number of furan rings is 1. The highest BCUT2D eigenvalue weighted by Gasteiger charge is 2.24. The van der Waals surface area contributed by atoms with Gasteiger partial charge in [-0.2, -0.15) is 0 Å². The quantitative estimate of drug-likeness (QED) is 0.221. The Bertz CT molecular complexity index is 926. The standard InChI is InChI=1S/C17H7F5O2/c18-13-9(14(19)16(21)17(22)15(13)20)5-6-10(23)12-7-8-3-1-2-4-11(8)24-12/h1-7H.